The maximum absolute atomic E-state index is 11.0. The van der Waals surface area contributed by atoms with Crippen molar-refractivity contribution in [3.63, 3.8) is 0 Å². The topological polar surface area (TPSA) is 33.5 Å². The summed E-state index contributed by atoms with van der Waals surface area (Å²) in [7, 11) is 0. The van der Waals surface area contributed by atoms with Crippen LogP contribution in [0.4, 0.5) is 0 Å². The van der Waals surface area contributed by atoms with Crippen molar-refractivity contribution in [2.75, 3.05) is 6.54 Å². The van der Waals surface area contributed by atoms with E-state index in [1.54, 1.807) is 0 Å². The van der Waals surface area contributed by atoms with Crippen LogP contribution in [0.5, 0.6) is 0 Å². The Morgan fingerprint density at radius 2 is 2.07 bits per heavy atom. The number of rotatable bonds is 3. The molecule has 0 aliphatic heterocycles. The Hall–Kier alpha value is -1.82. The molecule has 1 aromatic rings. The molecule has 0 saturated carbocycles. The molecule has 0 heterocycles. The number of hydrogen-bond donors (Lipinski definition) is 1. The summed E-state index contributed by atoms with van der Waals surface area (Å²) in [6.07, 6.45) is 0. The van der Waals surface area contributed by atoms with E-state index in [9.17, 15) is 4.79 Å². The first-order valence-electron chi connectivity index (χ1n) is 4.38. The molecular formula is C11H12N2O. The molecule has 0 fully saturated rings. The lowest BCUT2D eigenvalue weighted by molar-refractivity contribution is -0.119. The maximum atomic E-state index is 11.0. The van der Waals surface area contributed by atoms with Crippen LogP contribution in [0.1, 0.15) is 11.1 Å². The molecule has 72 valence electrons. The average Bonchev–Trinajstić information content (AvgIpc) is 2.17. The predicted octanol–water partition coefficient (Wildman–Crippen LogP) is 1.53. The van der Waals surface area contributed by atoms with Gasteiger partial charge in [-0.05, 0) is 12.5 Å². The third-order valence-electron chi connectivity index (χ3n) is 1.83. The van der Waals surface area contributed by atoms with Crippen LogP contribution in [-0.2, 0) is 11.3 Å². The molecule has 1 aromatic carbocycles. The molecule has 1 amide bonds. The average molecular weight is 188 g/mol. The Bertz CT molecular complexity index is 349. The Morgan fingerprint density at radius 3 is 2.64 bits per heavy atom. The van der Waals surface area contributed by atoms with Crippen LogP contribution in [0.3, 0.4) is 0 Å². The second-order valence-electron chi connectivity index (χ2n) is 3.08. The first-order valence-corrected chi connectivity index (χ1v) is 4.38. The minimum Gasteiger partial charge on any atom is -0.346 e. The number of amides is 1. The van der Waals surface area contributed by atoms with Gasteiger partial charge >= 0.3 is 0 Å². The summed E-state index contributed by atoms with van der Waals surface area (Å²) >= 11 is 0. The van der Waals surface area contributed by atoms with Gasteiger partial charge in [-0.2, -0.15) is 0 Å². The third-order valence-corrected chi connectivity index (χ3v) is 1.83. The summed E-state index contributed by atoms with van der Waals surface area (Å²) < 4.78 is 0. The smallest absolute Gasteiger partial charge is 0.300 e. The number of aryl methyl sites for hydroxylation is 1. The number of nitrogens with one attached hydrogen (secondary N) is 1. The number of carbonyl (C=O) groups is 1. The van der Waals surface area contributed by atoms with Crippen LogP contribution in [0.15, 0.2) is 24.3 Å². The molecule has 0 saturated heterocycles. The summed E-state index contributed by atoms with van der Waals surface area (Å²) in [5.74, 6) is -0.222. The van der Waals surface area contributed by atoms with Crippen molar-refractivity contribution in [2.24, 2.45) is 0 Å². The van der Waals surface area contributed by atoms with Crippen molar-refractivity contribution < 1.29 is 4.79 Å². The highest BCUT2D eigenvalue weighted by Crippen LogP contribution is 2.02. The molecule has 0 radical (unpaired) electrons. The van der Waals surface area contributed by atoms with Crippen molar-refractivity contribution >= 4 is 5.91 Å². The molecule has 0 aliphatic carbocycles. The van der Waals surface area contributed by atoms with Gasteiger partial charge in [0.1, 0.15) is 0 Å². The summed E-state index contributed by atoms with van der Waals surface area (Å²) in [6, 6.07) is 7.92. The first kappa shape index (κ1) is 10.3. The van der Waals surface area contributed by atoms with Gasteiger partial charge in [0.05, 0.1) is 0 Å². The van der Waals surface area contributed by atoms with Gasteiger partial charge in [0.15, 0.2) is 0 Å². The fourth-order valence-corrected chi connectivity index (χ4v) is 1.03. The fourth-order valence-electron chi connectivity index (χ4n) is 1.03. The van der Waals surface area contributed by atoms with E-state index in [0.717, 1.165) is 5.56 Å². The van der Waals surface area contributed by atoms with Gasteiger partial charge in [0.25, 0.3) is 12.5 Å². The van der Waals surface area contributed by atoms with Crippen LogP contribution < -0.4 is 5.32 Å². The molecule has 0 atom stereocenters. The zero-order valence-electron chi connectivity index (χ0n) is 8.08. The lowest BCUT2D eigenvalue weighted by Crippen LogP contribution is -2.24. The highest BCUT2D eigenvalue weighted by molar-refractivity contribution is 5.79. The molecule has 3 heteroatoms. The van der Waals surface area contributed by atoms with Gasteiger partial charge in [-0.25, -0.2) is 6.57 Å². The third kappa shape index (κ3) is 3.28. The predicted molar refractivity (Wildman–Crippen MR) is 54.5 cm³/mol. The van der Waals surface area contributed by atoms with Crippen molar-refractivity contribution in [2.45, 2.75) is 13.5 Å². The van der Waals surface area contributed by atoms with Crippen molar-refractivity contribution in [3.8, 4) is 0 Å². The molecule has 0 spiro atoms. The van der Waals surface area contributed by atoms with Crippen LogP contribution in [0, 0.1) is 13.5 Å². The highest BCUT2D eigenvalue weighted by Gasteiger charge is 2.01. The van der Waals surface area contributed by atoms with Crippen LogP contribution in [0.2, 0.25) is 0 Å². The van der Waals surface area contributed by atoms with Crippen LogP contribution in [0.25, 0.3) is 4.85 Å². The van der Waals surface area contributed by atoms with E-state index < -0.39 is 0 Å². The van der Waals surface area contributed by atoms with E-state index in [4.69, 9.17) is 6.57 Å². The van der Waals surface area contributed by atoms with E-state index in [0.29, 0.717) is 6.54 Å². The molecule has 3 nitrogen and oxygen atoms in total. The molecule has 0 unspecified atom stereocenters. The summed E-state index contributed by atoms with van der Waals surface area (Å²) in [6.45, 7) is 8.93. The van der Waals surface area contributed by atoms with Gasteiger partial charge in [-0.1, -0.05) is 29.8 Å². The summed E-state index contributed by atoms with van der Waals surface area (Å²) in [5.41, 5.74) is 2.25. The van der Waals surface area contributed by atoms with Gasteiger partial charge in [-0.15, -0.1) is 0 Å². The highest BCUT2D eigenvalue weighted by atomic mass is 16.1. The van der Waals surface area contributed by atoms with E-state index in [2.05, 4.69) is 10.2 Å². The van der Waals surface area contributed by atoms with E-state index in [1.807, 2.05) is 31.2 Å². The molecule has 14 heavy (non-hydrogen) atoms. The summed E-state index contributed by atoms with van der Waals surface area (Å²) in [4.78, 5) is 14.0. The maximum Gasteiger partial charge on any atom is 0.300 e. The zero-order chi connectivity index (χ0) is 10.4. The zero-order valence-corrected chi connectivity index (χ0v) is 8.08. The minimum absolute atomic E-state index is 0.0914. The number of nitrogens with zero attached hydrogens (tertiary/aromatic N) is 1. The number of benzene rings is 1. The monoisotopic (exact) mass is 188 g/mol. The lowest BCUT2D eigenvalue weighted by atomic mass is 10.1. The minimum atomic E-state index is -0.222. The summed E-state index contributed by atoms with van der Waals surface area (Å²) in [5, 5.41) is 2.67. The van der Waals surface area contributed by atoms with Gasteiger partial charge in [0, 0.05) is 6.54 Å². The Balaban J connectivity index is 2.43. The van der Waals surface area contributed by atoms with E-state index in [1.165, 1.54) is 5.56 Å². The molecular weight excluding hydrogens is 176 g/mol. The van der Waals surface area contributed by atoms with Crippen LogP contribution >= 0.6 is 0 Å². The number of hydrogen-bond acceptors (Lipinski definition) is 1. The Labute approximate surface area is 83.6 Å². The largest absolute Gasteiger partial charge is 0.346 e. The molecule has 0 aromatic heterocycles. The van der Waals surface area contributed by atoms with Crippen LogP contribution in [-0.4, -0.2) is 12.5 Å². The fraction of sp³-hybridized carbons (Fsp3) is 0.273. The Kier molecular flexibility index (Phi) is 3.69. The lowest BCUT2D eigenvalue weighted by Gasteiger charge is -2.01. The second-order valence-corrected chi connectivity index (χ2v) is 3.08. The number of carbonyl (C=O) groups excluding carboxylic acids is 1. The van der Waals surface area contributed by atoms with Crippen molar-refractivity contribution in [3.05, 3.63) is 46.8 Å². The SMILES string of the molecule is [C-]#[N+]CC(=O)NCc1ccc(C)cc1. The molecule has 0 bridgehead atoms. The van der Waals surface area contributed by atoms with Crippen molar-refractivity contribution in [1.82, 2.24) is 5.32 Å². The van der Waals surface area contributed by atoms with Crippen molar-refractivity contribution in [1.29, 1.82) is 0 Å². The molecule has 0 aliphatic rings. The normalized spacial score (nSPS) is 9.14. The first-order chi connectivity index (χ1) is 6.72. The standard InChI is InChI=1S/C11H12N2O/c1-9-3-5-10(6-4-9)7-13-11(14)8-12-2/h3-6H,7-8H2,1H3,(H,13,14). The van der Waals surface area contributed by atoms with Gasteiger partial charge < -0.3 is 10.2 Å². The second kappa shape index (κ2) is 5.03. The molecule has 1 N–H and O–H groups in total. The van der Waals surface area contributed by atoms with Gasteiger partial charge in [0.2, 0.25) is 0 Å². The van der Waals surface area contributed by atoms with E-state index >= 15 is 0 Å². The van der Waals surface area contributed by atoms with Gasteiger partial charge in [-0.3, -0.25) is 4.79 Å². The van der Waals surface area contributed by atoms with E-state index in [-0.39, 0.29) is 12.5 Å². The molecule has 1 rings (SSSR count). The quantitative estimate of drug-likeness (QED) is 0.717. The Morgan fingerprint density at radius 1 is 1.43 bits per heavy atom.